The van der Waals surface area contributed by atoms with Crippen molar-refractivity contribution >= 4 is 17.2 Å². The summed E-state index contributed by atoms with van der Waals surface area (Å²) in [4.78, 5) is 16.8. The van der Waals surface area contributed by atoms with Gasteiger partial charge in [-0.15, -0.1) is 11.3 Å². The van der Waals surface area contributed by atoms with Crippen LogP contribution in [-0.2, 0) is 6.54 Å². The van der Waals surface area contributed by atoms with Gasteiger partial charge in [-0.2, -0.15) is 5.10 Å². The third-order valence-corrected chi connectivity index (χ3v) is 3.59. The summed E-state index contributed by atoms with van der Waals surface area (Å²) in [6.07, 6.45) is 4.53. The van der Waals surface area contributed by atoms with Gasteiger partial charge in [-0.1, -0.05) is 0 Å². The molecule has 0 atom stereocenters. The standard InChI is InChI=1S/C12H16N4OS/c1-9-11(18-10(2)15-9)12(17)13-5-3-7-16-8-4-6-14-16/h4,6,8H,3,5,7H2,1-2H3,(H,13,17). The van der Waals surface area contributed by atoms with Gasteiger partial charge in [0.15, 0.2) is 0 Å². The number of amides is 1. The molecule has 18 heavy (non-hydrogen) atoms. The first-order valence-corrected chi connectivity index (χ1v) is 6.68. The summed E-state index contributed by atoms with van der Waals surface area (Å²) in [5, 5.41) is 7.94. The maximum Gasteiger partial charge on any atom is 0.263 e. The number of aromatic nitrogens is 3. The van der Waals surface area contributed by atoms with Crippen LogP contribution in [0.2, 0.25) is 0 Å². The number of carbonyl (C=O) groups excluding carboxylic acids is 1. The van der Waals surface area contributed by atoms with Crippen LogP contribution in [0.5, 0.6) is 0 Å². The maximum absolute atomic E-state index is 11.9. The lowest BCUT2D eigenvalue weighted by atomic mass is 10.3. The molecule has 6 heteroatoms. The maximum atomic E-state index is 11.9. The first-order valence-electron chi connectivity index (χ1n) is 5.86. The van der Waals surface area contributed by atoms with Crippen LogP contribution in [0.4, 0.5) is 0 Å². The summed E-state index contributed by atoms with van der Waals surface area (Å²) in [6, 6.07) is 1.89. The Morgan fingerprint density at radius 2 is 2.33 bits per heavy atom. The largest absolute Gasteiger partial charge is 0.351 e. The number of carbonyl (C=O) groups is 1. The quantitative estimate of drug-likeness (QED) is 0.837. The number of hydrogen-bond donors (Lipinski definition) is 1. The average Bonchev–Trinajstić information content (AvgIpc) is 2.94. The lowest BCUT2D eigenvalue weighted by Gasteiger charge is -2.04. The predicted molar refractivity (Wildman–Crippen MR) is 70.8 cm³/mol. The third kappa shape index (κ3) is 3.16. The fourth-order valence-electron chi connectivity index (χ4n) is 1.70. The molecule has 1 amide bonds. The van der Waals surface area contributed by atoms with E-state index in [0.717, 1.165) is 23.7 Å². The summed E-state index contributed by atoms with van der Waals surface area (Å²) in [5.74, 6) is -0.0291. The Hall–Kier alpha value is -1.69. The molecule has 0 unspecified atom stereocenters. The molecular formula is C12H16N4OS. The van der Waals surface area contributed by atoms with Crippen LogP contribution in [0.15, 0.2) is 18.5 Å². The second-order valence-corrected chi connectivity index (χ2v) is 5.23. The van der Waals surface area contributed by atoms with Crippen LogP contribution in [0.1, 0.15) is 26.8 Å². The molecule has 0 aliphatic carbocycles. The fourth-order valence-corrected chi connectivity index (χ4v) is 2.53. The highest BCUT2D eigenvalue weighted by Gasteiger charge is 2.12. The van der Waals surface area contributed by atoms with E-state index >= 15 is 0 Å². The molecule has 1 N–H and O–H groups in total. The number of aryl methyl sites for hydroxylation is 3. The first-order chi connectivity index (χ1) is 8.66. The molecule has 2 aromatic rings. The van der Waals surface area contributed by atoms with Gasteiger partial charge in [0.1, 0.15) is 4.88 Å². The summed E-state index contributed by atoms with van der Waals surface area (Å²) in [6.45, 7) is 5.23. The van der Waals surface area contributed by atoms with Crippen molar-refractivity contribution in [2.75, 3.05) is 6.54 Å². The van der Waals surface area contributed by atoms with E-state index in [1.54, 1.807) is 6.20 Å². The van der Waals surface area contributed by atoms with E-state index in [2.05, 4.69) is 15.4 Å². The van der Waals surface area contributed by atoms with Gasteiger partial charge < -0.3 is 5.32 Å². The Bertz CT molecular complexity index is 518. The Morgan fingerprint density at radius 1 is 1.50 bits per heavy atom. The van der Waals surface area contributed by atoms with E-state index in [1.165, 1.54) is 11.3 Å². The van der Waals surface area contributed by atoms with Crippen molar-refractivity contribution < 1.29 is 4.79 Å². The normalized spacial score (nSPS) is 10.6. The summed E-state index contributed by atoms with van der Waals surface area (Å²) in [5.41, 5.74) is 0.807. The lowest BCUT2D eigenvalue weighted by molar-refractivity contribution is 0.0956. The van der Waals surface area contributed by atoms with E-state index in [0.29, 0.717) is 11.4 Å². The van der Waals surface area contributed by atoms with Gasteiger partial charge in [0.05, 0.1) is 10.7 Å². The number of nitrogens with zero attached hydrogens (tertiary/aromatic N) is 3. The monoisotopic (exact) mass is 264 g/mol. The van der Waals surface area contributed by atoms with Gasteiger partial charge in [-0.05, 0) is 26.3 Å². The molecule has 0 radical (unpaired) electrons. The van der Waals surface area contributed by atoms with Crippen LogP contribution >= 0.6 is 11.3 Å². The highest BCUT2D eigenvalue weighted by molar-refractivity contribution is 7.13. The summed E-state index contributed by atoms with van der Waals surface area (Å²) in [7, 11) is 0. The Kier molecular flexibility index (Phi) is 4.09. The third-order valence-electron chi connectivity index (χ3n) is 2.52. The molecule has 0 aromatic carbocycles. The highest BCUT2D eigenvalue weighted by Crippen LogP contribution is 2.16. The van der Waals surface area contributed by atoms with Crippen LogP contribution in [0.25, 0.3) is 0 Å². The molecule has 0 fully saturated rings. The SMILES string of the molecule is Cc1nc(C)c(C(=O)NCCCn2cccn2)s1. The minimum Gasteiger partial charge on any atom is -0.351 e. The van der Waals surface area contributed by atoms with Crippen molar-refractivity contribution in [1.82, 2.24) is 20.1 Å². The summed E-state index contributed by atoms with van der Waals surface area (Å²) >= 11 is 1.44. The Morgan fingerprint density at radius 3 is 2.94 bits per heavy atom. The molecule has 0 aliphatic heterocycles. The molecule has 0 saturated heterocycles. The Labute approximate surface area is 110 Å². The molecule has 0 spiro atoms. The van der Waals surface area contributed by atoms with Crippen molar-refractivity contribution in [3.8, 4) is 0 Å². The summed E-state index contributed by atoms with van der Waals surface area (Å²) < 4.78 is 1.86. The minimum atomic E-state index is -0.0291. The minimum absolute atomic E-state index is 0.0291. The molecule has 2 aromatic heterocycles. The first kappa shape index (κ1) is 12.8. The van der Waals surface area contributed by atoms with E-state index < -0.39 is 0 Å². The lowest BCUT2D eigenvalue weighted by Crippen LogP contribution is -2.25. The van der Waals surface area contributed by atoms with Crippen LogP contribution in [0.3, 0.4) is 0 Å². The van der Waals surface area contributed by atoms with Crippen molar-refractivity contribution in [1.29, 1.82) is 0 Å². The van der Waals surface area contributed by atoms with Crippen molar-refractivity contribution in [3.05, 3.63) is 34.0 Å². The second kappa shape index (κ2) is 5.77. The van der Waals surface area contributed by atoms with E-state index in [-0.39, 0.29) is 5.91 Å². The van der Waals surface area contributed by atoms with Crippen LogP contribution < -0.4 is 5.32 Å². The molecular weight excluding hydrogens is 248 g/mol. The van der Waals surface area contributed by atoms with Crippen LogP contribution in [-0.4, -0.2) is 27.2 Å². The zero-order valence-electron chi connectivity index (χ0n) is 10.5. The molecule has 96 valence electrons. The van der Waals surface area contributed by atoms with Gasteiger partial charge in [-0.25, -0.2) is 4.98 Å². The molecule has 0 aliphatic rings. The predicted octanol–water partition coefficient (Wildman–Crippen LogP) is 1.78. The van der Waals surface area contributed by atoms with Gasteiger partial charge in [-0.3, -0.25) is 9.48 Å². The zero-order valence-corrected chi connectivity index (χ0v) is 11.3. The van der Waals surface area contributed by atoms with Crippen molar-refractivity contribution in [3.63, 3.8) is 0 Å². The number of rotatable bonds is 5. The second-order valence-electron chi connectivity index (χ2n) is 4.03. The molecule has 5 nitrogen and oxygen atoms in total. The van der Waals surface area contributed by atoms with Gasteiger partial charge in [0.2, 0.25) is 0 Å². The van der Waals surface area contributed by atoms with E-state index in [1.807, 2.05) is 30.8 Å². The van der Waals surface area contributed by atoms with Gasteiger partial charge >= 0.3 is 0 Å². The zero-order chi connectivity index (χ0) is 13.0. The number of nitrogens with one attached hydrogen (secondary N) is 1. The Balaban J connectivity index is 1.77. The van der Waals surface area contributed by atoms with Gasteiger partial charge in [0.25, 0.3) is 5.91 Å². The van der Waals surface area contributed by atoms with Crippen LogP contribution in [0, 0.1) is 13.8 Å². The fraction of sp³-hybridized carbons (Fsp3) is 0.417. The van der Waals surface area contributed by atoms with E-state index in [9.17, 15) is 4.79 Å². The smallest absolute Gasteiger partial charge is 0.263 e. The molecule has 2 rings (SSSR count). The average molecular weight is 264 g/mol. The topological polar surface area (TPSA) is 59.8 Å². The number of hydrogen-bond acceptors (Lipinski definition) is 4. The van der Waals surface area contributed by atoms with E-state index in [4.69, 9.17) is 0 Å². The van der Waals surface area contributed by atoms with Crippen molar-refractivity contribution in [2.24, 2.45) is 0 Å². The molecule has 2 heterocycles. The van der Waals surface area contributed by atoms with Gasteiger partial charge in [0, 0.05) is 25.5 Å². The van der Waals surface area contributed by atoms with Crippen molar-refractivity contribution in [2.45, 2.75) is 26.8 Å². The molecule has 0 saturated carbocycles. The number of thiazole rings is 1. The highest BCUT2D eigenvalue weighted by atomic mass is 32.1. The molecule has 0 bridgehead atoms.